The lowest BCUT2D eigenvalue weighted by molar-refractivity contribution is -0.138. The van der Waals surface area contributed by atoms with Gasteiger partial charge in [0.2, 0.25) is 12.7 Å². The topological polar surface area (TPSA) is 56.6 Å². The number of hydrogen-bond donors (Lipinski definition) is 0. The molecule has 0 bridgehead atoms. The summed E-state index contributed by atoms with van der Waals surface area (Å²) in [4.78, 5) is 14.4. The predicted molar refractivity (Wildman–Crippen MR) is 97.0 cm³/mol. The highest BCUT2D eigenvalue weighted by Crippen LogP contribution is 2.38. The third-order valence-electron chi connectivity index (χ3n) is 5.39. The number of nitrogens with zero attached hydrogens (tertiary/aromatic N) is 3. The van der Waals surface area contributed by atoms with Crippen molar-refractivity contribution in [2.45, 2.75) is 39.7 Å². The number of piperidine rings is 1. The standard InChI is InChI=1S/C20H25N3O3/c1-14-8-16(22(3)21-14)11-23-12-20(2,7-6-19(23)24)10-15-4-5-17-18(9-15)26-13-25-17/h4-5,8-9H,6-7,10-13H2,1-3H3. The van der Waals surface area contributed by atoms with E-state index in [-0.39, 0.29) is 11.3 Å². The van der Waals surface area contributed by atoms with Crippen molar-refractivity contribution in [3.05, 3.63) is 41.2 Å². The molecule has 1 aromatic carbocycles. The number of ether oxygens (including phenoxy) is 2. The molecule has 1 saturated heterocycles. The fourth-order valence-corrected chi connectivity index (χ4v) is 4.03. The molecule has 2 aromatic rings. The van der Waals surface area contributed by atoms with Crippen molar-refractivity contribution < 1.29 is 14.3 Å². The highest BCUT2D eigenvalue weighted by atomic mass is 16.7. The number of hydrogen-bond acceptors (Lipinski definition) is 4. The minimum atomic E-state index is 0.0508. The van der Waals surface area contributed by atoms with E-state index >= 15 is 0 Å². The molecule has 0 spiro atoms. The van der Waals surface area contributed by atoms with E-state index in [1.807, 2.05) is 29.6 Å². The highest BCUT2D eigenvalue weighted by Gasteiger charge is 2.35. The molecule has 2 aliphatic rings. The highest BCUT2D eigenvalue weighted by molar-refractivity contribution is 5.77. The zero-order valence-electron chi connectivity index (χ0n) is 15.6. The molecule has 0 N–H and O–H groups in total. The number of carbonyl (C=O) groups is 1. The first-order valence-corrected chi connectivity index (χ1v) is 9.08. The molecule has 1 aromatic heterocycles. The summed E-state index contributed by atoms with van der Waals surface area (Å²) < 4.78 is 12.8. The molecule has 0 aliphatic carbocycles. The Kier molecular flexibility index (Phi) is 4.13. The lowest BCUT2D eigenvalue weighted by atomic mass is 9.76. The summed E-state index contributed by atoms with van der Waals surface area (Å²) in [6.45, 7) is 5.91. The third kappa shape index (κ3) is 3.28. The molecule has 6 heteroatoms. The molecule has 0 radical (unpaired) electrons. The molecule has 1 fully saturated rings. The zero-order valence-corrected chi connectivity index (χ0v) is 15.6. The van der Waals surface area contributed by atoms with Gasteiger partial charge < -0.3 is 14.4 Å². The lowest BCUT2D eigenvalue weighted by Gasteiger charge is -2.40. The number of carbonyl (C=O) groups excluding carboxylic acids is 1. The Bertz CT molecular complexity index is 845. The van der Waals surface area contributed by atoms with Crippen LogP contribution in [0.2, 0.25) is 0 Å². The van der Waals surface area contributed by atoms with E-state index in [0.717, 1.165) is 42.3 Å². The molecule has 26 heavy (non-hydrogen) atoms. The van der Waals surface area contributed by atoms with Gasteiger partial charge in [-0.2, -0.15) is 5.10 Å². The summed E-state index contributed by atoms with van der Waals surface area (Å²) in [6, 6.07) is 8.20. The molecule has 1 atom stereocenters. The molecular formula is C20H25N3O3. The first-order chi connectivity index (χ1) is 12.4. The predicted octanol–water partition coefficient (Wildman–Crippen LogP) is 2.83. The van der Waals surface area contributed by atoms with Crippen LogP contribution in [0.4, 0.5) is 0 Å². The van der Waals surface area contributed by atoms with Crippen molar-refractivity contribution in [1.29, 1.82) is 0 Å². The van der Waals surface area contributed by atoms with Crippen LogP contribution in [0.3, 0.4) is 0 Å². The summed E-state index contributed by atoms with van der Waals surface area (Å²) in [5.41, 5.74) is 3.33. The zero-order chi connectivity index (χ0) is 18.3. The van der Waals surface area contributed by atoms with Crippen molar-refractivity contribution in [1.82, 2.24) is 14.7 Å². The lowest BCUT2D eigenvalue weighted by Crippen LogP contribution is -2.45. The Morgan fingerprint density at radius 2 is 2.04 bits per heavy atom. The molecule has 1 unspecified atom stereocenters. The molecule has 138 valence electrons. The van der Waals surface area contributed by atoms with Crippen LogP contribution < -0.4 is 9.47 Å². The van der Waals surface area contributed by atoms with Crippen LogP contribution in [0.25, 0.3) is 0 Å². The van der Waals surface area contributed by atoms with Gasteiger partial charge in [-0.15, -0.1) is 0 Å². The minimum Gasteiger partial charge on any atom is -0.454 e. The van der Waals surface area contributed by atoms with Crippen LogP contribution >= 0.6 is 0 Å². The summed E-state index contributed by atoms with van der Waals surface area (Å²) >= 11 is 0. The second-order valence-electron chi connectivity index (χ2n) is 7.83. The largest absolute Gasteiger partial charge is 0.454 e. The first-order valence-electron chi connectivity index (χ1n) is 9.08. The number of aromatic nitrogens is 2. The monoisotopic (exact) mass is 355 g/mol. The molecule has 1 amide bonds. The van der Waals surface area contributed by atoms with Gasteiger partial charge in [-0.25, -0.2) is 0 Å². The summed E-state index contributed by atoms with van der Waals surface area (Å²) in [7, 11) is 1.93. The summed E-state index contributed by atoms with van der Waals surface area (Å²) in [6.07, 6.45) is 2.41. The molecule has 6 nitrogen and oxygen atoms in total. The van der Waals surface area contributed by atoms with E-state index in [4.69, 9.17) is 9.47 Å². The molecule has 4 rings (SSSR count). The number of amides is 1. The Hall–Kier alpha value is -2.50. The average molecular weight is 355 g/mol. The van der Waals surface area contributed by atoms with Crippen LogP contribution in [0, 0.1) is 12.3 Å². The maximum absolute atomic E-state index is 12.5. The van der Waals surface area contributed by atoms with E-state index in [2.05, 4.69) is 30.2 Å². The average Bonchev–Trinajstić information content (AvgIpc) is 3.17. The van der Waals surface area contributed by atoms with Crippen LogP contribution in [0.5, 0.6) is 11.5 Å². The van der Waals surface area contributed by atoms with Crippen molar-refractivity contribution in [3.8, 4) is 11.5 Å². The van der Waals surface area contributed by atoms with Gasteiger partial charge in [-0.05, 0) is 48.9 Å². The van der Waals surface area contributed by atoms with Gasteiger partial charge in [0.05, 0.1) is 17.9 Å². The second-order valence-corrected chi connectivity index (χ2v) is 7.83. The third-order valence-corrected chi connectivity index (χ3v) is 5.39. The van der Waals surface area contributed by atoms with Gasteiger partial charge in [-0.3, -0.25) is 9.48 Å². The van der Waals surface area contributed by atoms with Gasteiger partial charge >= 0.3 is 0 Å². The van der Waals surface area contributed by atoms with E-state index in [0.29, 0.717) is 19.8 Å². The number of benzene rings is 1. The van der Waals surface area contributed by atoms with Gasteiger partial charge in [0.15, 0.2) is 11.5 Å². The van der Waals surface area contributed by atoms with Crippen LogP contribution in [-0.4, -0.2) is 33.9 Å². The summed E-state index contributed by atoms with van der Waals surface area (Å²) in [5, 5.41) is 4.39. The van der Waals surface area contributed by atoms with Crippen molar-refractivity contribution in [2.75, 3.05) is 13.3 Å². The first kappa shape index (κ1) is 16.9. The van der Waals surface area contributed by atoms with E-state index in [1.54, 1.807) is 0 Å². The van der Waals surface area contributed by atoms with Gasteiger partial charge in [0.1, 0.15) is 0 Å². The van der Waals surface area contributed by atoms with Crippen LogP contribution in [0.1, 0.15) is 36.7 Å². The quantitative estimate of drug-likeness (QED) is 0.846. The molecule has 2 aliphatic heterocycles. The number of aryl methyl sites for hydroxylation is 2. The SMILES string of the molecule is Cc1cc(CN2CC(C)(Cc3ccc4c(c3)OCO4)CCC2=O)n(C)n1. The van der Waals surface area contributed by atoms with Crippen LogP contribution in [-0.2, 0) is 24.8 Å². The Morgan fingerprint density at radius 3 is 2.81 bits per heavy atom. The Morgan fingerprint density at radius 1 is 1.23 bits per heavy atom. The Labute approximate surface area is 153 Å². The normalized spacial score (nSPS) is 22.1. The minimum absolute atomic E-state index is 0.0508. The summed E-state index contributed by atoms with van der Waals surface area (Å²) in [5.74, 6) is 1.86. The van der Waals surface area contributed by atoms with E-state index in [1.165, 1.54) is 5.56 Å². The van der Waals surface area contributed by atoms with Gasteiger partial charge in [-0.1, -0.05) is 13.0 Å². The maximum atomic E-state index is 12.5. The number of fused-ring (bicyclic) bond motifs is 1. The number of likely N-dealkylation sites (tertiary alicyclic amines) is 1. The van der Waals surface area contributed by atoms with Crippen molar-refractivity contribution >= 4 is 5.91 Å². The van der Waals surface area contributed by atoms with Crippen molar-refractivity contribution in [2.24, 2.45) is 12.5 Å². The maximum Gasteiger partial charge on any atom is 0.231 e. The van der Waals surface area contributed by atoms with Gasteiger partial charge in [0, 0.05) is 20.0 Å². The molecular weight excluding hydrogens is 330 g/mol. The van der Waals surface area contributed by atoms with E-state index < -0.39 is 0 Å². The molecule has 0 saturated carbocycles. The van der Waals surface area contributed by atoms with Crippen LogP contribution in [0.15, 0.2) is 24.3 Å². The second kappa shape index (κ2) is 6.34. The van der Waals surface area contributed by atoms with E-state index in [9.17, 15) is 4.79 Å². The molecule has 3 heterocycles. The van der Waals surface area contributed by atoms with Gasteiger partial charge in [0.25, 0.3) is 0 Å². The fraction of sp³-hybridized carbons (Fsp3) is 0.500. The Balaban J connectivity index is 1.49. The van der Waals surface area contributed by atoms with Crippen molar-refractivity contribution in [3.63, 3.8) is 0 Å². The fourth-order valence-electron chi connectivity index (χ4n) is 4.03. The smallest absolute Gasteiger partial charge is 0.231 e. The number of rotatable bonds is 4.